The minimum absolute atomic E-state index is 0.246. The number of nitrogens with two attached hydrogens (primary N) is 2. The van der Waals surface area contributed by atoms with Gasteiger partial charge in [0.25, 0.3) is 0 Å². The highest BCUT2D eigenvalue weighted by Crippen LogP contribution is 2.02. The van der Waals surface area contributed by atoms with Crippen molar-refractivity contribution in [2.24, 2.45) is 17.4 Å². The van der Waals surface area contributed by atoms with E-state index in [9.17, 15) is 19.2 Å². The Morgan fingerprint density at radius 1 is 0.909 bits per heavy atom. The Kier molecular flexibility index (Phi) is 11.8. The number of carbonyl (C=O) groups is 4. The number of hydrogen-bond donors (Lipinski definition) is 5. The van der Waals surface area contributed by atoms with Crippen LogP contribution in [0.3, 0.4) is 0 Å². The van der Waals surface area contributed by atoms with Crippen molar-refractivity contribution in [1.29, 1.82) is 0 Å². The number of aliphatic carboxylic acids is 3. The maximum Gasteiger partial charge on any atom is 0.372 e. The van der Waals surface area contributed by atoms with Gasteiger partial charge in [0.1, 0.15) is 12.1 Å². The highest BCUT2D eigenvalue weighted by molar-refractivity contribution is 6.33. The summed E-state index contributed by atoms with van der Waals surface area (Å²) in [5.41, 5.74) is 10.4. The summed E-state index contributed by atoms with van der Waals surface area (Å²) in [6.45, 7) is 3.39. The number of rotatable bonds is 9. The SMILES string of the molecule is CCC(C)C(=O)C(=O)O.N[C@H](CCC[C@H](N)C(=O)O)C(=O)O. The van der Waals surface area contributed by atoms with E-state index >= 15 is 0 Å². The second kappa shape index (κ2) is 11.6. The molecule has 22 heavy (non-hydrogen) atoms. The molecule has 0 aliphatic heterocycles. The Bertz CT molecular complexity index is 378. The number of ketones is 1. The molecule has 0 aromatic heterocycles. The molecule has 0 radical (unpaired) electrons. The standard InChI is InChI=1S/C7H14N2O4.C6H10O3/c8-4(6(10)11)2-1-3-5(9)7(12)13;1-3-4(2)5(7)6(8)9/h4-5H,1-3,8-9H2,(H,10,11)(H,12,13);4H,3H2,1-2H3,(H,8,9)/t4-,5+;. The molecule has 0 aliphatic carbocycles. The zero-order valence-corrected chi connectivity index (χ0v) is 12.7. The van der Waals surface area contributed by atoms with Crippen LogP contribution in [-0.2, 0) is 19.2 Å². The van der Waals surface area contributed by atoms with Crippen LogP contribution in [0, 0.1) is 5.92 Å². The molecule has 0 amide bonds. The Hall–Kier alpha value is -2.00. The zero-order chi connectivity index (χ0) is 17.9. The summed E-state index contributed by atoms with van der Waals surface area (Å²) in [7, 11) is 0. The van der Waals surface area contributed by atoms with Crippen LogP contribution in [0.25, 0.3) is 0 Å². The fraction of sp³-hybridized carbons (Fsp3) is 0.692. The molecule has 9 heteroatoms. The lowest BCUT2D eigenvalue weighted by Gasteiger charge is -2.07. The van der Waals surface area contributed by atoms with Gasteiger partial charge < -0.3 is 26.8 Å². The molecule has 0 aromatic carbocycles. The highest BCUT2D eigenvalue weighted by Gasteiger charge is 2.17. The number of Topliss-reactive ketones (excluding diaryl/α,β-unsaturated/α-hetero) is 1. The van der Waals surface area contributed by atoms with E-state index in [4.69, 9.17) is 26.8 Å². The molecular weight excluding hydrogens is 296 g/mol. The highest BCUT2D eigenvalue weighted by atomic mass is 16.4. The number of carboxylic acid groups (broad SMARTS) is 3. The molecule has 0 rings (SSSR count). The summed E-state index contributed by atoms with van der Waals surface area (Å²) < 4.78 is 0. The smallest absolute Gasteiger partial charge is 0.372 e. The van der Waals surface area contributed by atoms with E-state index in [0.717, 1.165) is 0 Å². The number of carboxylic acids is 3. The third-order valence-corrected chi connectivity index (χ3v) is 2.94. The van der Waals surface area contributed by atoms with Crippen LogP contribution >= 0.6 is 0 Å². The topological polar surface area (TPSA) is 181 Å². The first-order valence-electron chi connectivity index (χ1n) is 6.78. The average Bonchev–Trinajstić information content (AvgIpc) is 2.45. The van der Waals surface area contributed by atoms with Gasteiger partial charge in [-0.05, 0) is 25.7 Å². The lowest BCUT2D eigenvalue weighted by Crippen LogP contribution is -2.33. The summed E-state index contributed by atoms with van der Waals surface area (Å²) in [5.74, 6) is -4.53. The fourth-order valence-corrected chi connectivity index (χ4v) is 1.20. The van der Waals surface area contributed by atoms with E-state index in [1.807, 2.05) is 0 Å². The van der Waals surface area contributed by atoms with Crippen LogP contribution in [0.2, 0.25) is 0 Å². The van der Waals surface area contributed by atoms with Crippen LogP contribution in [0.1, 0.15) is 39.5 Å². The molecular formula is C13H24N2O7. The van der Waals surface area contributed by atoms with Crippen molar-refractivity contribution in [3.05, 3.63) is 0 Å². The van der Waals surface area contributed by atoms with Gasteiger partial charge in [-0.2, -0.15) is 0 Å². The molecule has 0 saturated carbocycles. The number of hydrogen-bond acceptors (Lipinski definition) is 6. The van der Waals surface area contributed by atoms with Crippen LogP contribution in [0.15, 0.2) is 0 Å². The van der Waals surface area contributed by atoms with Crippen molar-refractivity contribution < 1.29 is 34.5 Å². The van der Waals surface area contributed by atoms with E-state index in [2.05, 4.69) is 0 Å². The normalized spacial score (nSPS) is 14.0. The lowest BCUT2D eigenvalue weighted by atomic mass is 10.0. The summed E-state index contributed by atoms with van der Waals surface area (Å²) in [6, 6.07) is -1.86. The van der Waals surface area contributed by atoms with Gasteiger partial charge >= 0.3 is 17.9 Å². The average molecular weight is 320 g/mol. The first-order chi connectivity index (χ1) is 10.0. The summed E-state index contributed by atoms with van der Waals surface area (Å²) in [5, 5.41) is 24.9. The van der Waals surface area contributed by atoms with Gasteiger partial charge in [0.15, 0.2) is 0 Å². The van der Waals surface area contributed by atoms with Crippen LogP contribution in [-0.4, -0.2) is 51.1 Å². The molecule has 7 N–H and O–H groups in total. The third-order valence-electron chi connectivity index (χ3n) is 2.94. The van der Waals surface area contributed by atoms with E-state index < -0.39 is 35.8 Å². The molecule has 0 fully saturated rings. The van der Waals surface area contributed by atoms with E-state index in [1.165, 1.54) is 0 Å². The first kappa shape index (κ1) is 22.3. The van der Waals surface area contributed by atoms with E-state index in [-0.39, 0.29) is 18.8 Å². The van der Waals surface area contributed by atoms with Gasteiger partial charge in [0.05, 0.1) is 0 Å². The Morgan fingerprint density at radius 2 is 1.27 bits per heavy atom. The minimum atomic E-state index is -1.33. The predicted molar refractivity (Wildman–Crippen MR) is 77.2 cm³/mol. The maximum atomic E-state index is 10.5. The monoisotopic (exact) mass is 320 g/mol. The molecule has 1 unspecified atom stereocenters. The second-order valence-electron chi connectivity index (χ2n) is 4.80. The molecule has 0 heterocycles. The van der Waals surface area contributed by atoms with Gasteiger partial charge in [-0.25, -0.2) is 4.79 Å². The molecule has 128 valence electrons. The van der Waals surface area contributed by atoms with Crippen LogP contribution < -0.4 is 11.5 Å². The molecule has 0 aliphatic rings. The molecule has 0 saturated heterocycles. The first-order valence-corrected chi connectivity index (χ1v) is 6.78. The molecule has 3 atom stereocenters. The van der Waals surface area contributed by atoms with Gasteiger partial charge in [-0.1, -0.05) is 13.8 Å². The van der Waals surface area contributed by atoms with Crippen molar-refractivity contribution >= 4 is 23.7 Å². The fourth-order valence-electron chi connectivity index (χ4n) is 1.20. The van der Waals surface area contributed by atoms with Crippen LogP contribution in [0.4, 0.5) is 0 Å². The molecule has 0 aromatic rings. The second-order valence-corrected chi connectivity index (χ2v) is 4.80. The van der Waals surface area contributed by atoms with Crippen molar-refractivity contribution in [3.8, 4) is 0 Å². The lowest BCUT2D eigenvalue weighted by molar-refractivity contribution is -0.150. The van der Waals surface area contributed by atoms with Crippen molar-refractivity contribution in [2.45, 2.75) is 51.6 Å². The maximum absolute atomic E-state index is 10.5. The van der Waals surface area contributed by atoms with Crippen LogP contribution in [0.5, 0.6) is 0 Å². The minimum Gasteiger partial charge on any atom is -0.480 e. The Labute approximate surface area is 128 Å². The Balaban J connectivity index is 0. The predicted octanol–water partition coefficient (Wildman–Crippen LogP) is -0.333. The Morgan fingerprint density at radius 3 is 1.45 bits per heavy atom. The van der Waals surface area contributed by atoms with Crippen molar-refractivity contribution in [1.82, 2.24) is 0 Å². The van der Waals surface area contributed by atoms with E-state index in [0.29, 0.717) is 12.8 Å². The summed E-state index contributed by atoms with van der Waals surface area (Å²) in [6.07, 6.45) is 1.48. The van der Waals surface area contributed by atoms with Gasteiger partial charge in [0.2, 0.25) is 5.78 Å². The largest absolute Gasteiger partial charge is 0.480 e. The third kappa shape index (κ3) is 10.7. The molecule has 0 bridgehead atoms. The van der Waals surface area contributed by atoms with Crippen molar-refractivity contribution in [2.75, 3.05) is 0 Å². The molecule has 9 nitrogen and oxygen atoms in total. The zero-order valence-electron chi connectivity index (χ0n) is 12.7. The summed E-state index contributed by atoms with van der Waals surface area (Å²) in [4.78, 5) is 40.9. The van der Waals surface area contributed by atoms with Gasteiger partial charge in [0, 0.05) is 5.92 Å². The van der Waals surface area contributed by atoms with Gasteiger partial charge in [-0.3, -0.25) is 14.4 Å². The van der Waals surface area contributed by atoms with Gasteiger partial charge in [-0.15, -0.1) is 0 Å². The number of carbonyl (C=O) groups excluding carboxylic acids is 1. The van der Waals surface area contributed by atoms with E-state index in [1.54, 1.807) is 13.8 Å². The summed E-state index contributed by atoms with van der Waals surface area (Å²) >= 11 is 0. The quantitative estimate of drug-likeness (QED) is 0.355. The molecule has 0 spiro atoms. The van der Waals surface area contributed by atoms with Crippen molar-refractivity contribution in [3.63, 3.8) is 0 Å².